The quantitative estimate of drug-likeness (QED) is 0.471. The number of rotatable bonds is 4. The molecule has 0 bridgehead atoms. The number of thioether (sulfide) groups is 1. The highest BCUT2D eigenvalue weighted by Gasteiger charge is 2.31. The van der Waals surface area contributed by atoms with Gasteiger partial charge in [0, 0.05) is 34.8 Å². The molecule has 0 saturated carbocycles. The highest BCUT2D eigenvalue weighted by Crippen LogP contribution is 2.36. The Bertz CT molecular complexity index is 1140. The van der Waals surface area contributed by atoms with Crippen LogP contribution in [0.1, 0.15) is 27.2 Å². The Hall–Kier alpha value is -3.34. The number of nitro groups is 1. The number of carbonyl (C=O) groups is 1. The van der Waals surface area contributed by atoms with Crippen molar-refractivity contribution >= 4 is 29.2 Å². The van der Waals surface area contributed by atoms with E-state index in [1.165, 1.54) is 41.1 Å². The number of amides is 1. The molecule has 7 nitrogen and oxygen atoms in total. The van der Waals surface area contributed by atoms with E-state index in [1.807, 2.05) is 0 Å². The molecule has 2 heterocycles. The van der Waals surface area contributed by atoms with Gasteiger partial charge in [-0.3, -0.25) is 14.9 Å². The average Bonchev–Trinajstić information content (AvgIpc) is 3.30. The number of nitrogens with one attached hydrogen (secondary N) is 1. The van der Waals surface area contributed by atoms with Crippen LogP contribution >= 0.6 is 11.8 Å². The Kier molecular flexibility index (Phi) is 4.98. The first kappa shape index (κ1) is 20.0. The van der Waals surface area contributed by atoms with Crippen LogP contribution in [-0.2, 0) is 17.7 Å². The maximum atomic E-state index is 13.0. The van der Waals surface area contributed by atoms with Gasteiger partial charge in [-0.1, -0.05) is 6.07 Å². The minimum absolute atomic E-state index is 0.0939. The van der Waals surface area contributed by atoms with E-state index < -0.39 is 22.6 Å². The number of anilines is 1. The number of carbonyl (C=O) groups excluding carboxylic acids is 1. The van der Waals surface area contributed by atoms with E-state index >= 15 is 0 Å². The summed E-state index contributed by atoms with van der Waals surface area (Å²) < 4.78 is 40.3. The molecular formula is C19H13F3N4O3S. The number of fused-ring (bicyclic) bond motifs is 1. The van der Waals surface area contributed by atoms with Crippen LogP contribution in [0.2, 0.25) is 0 Å². The Morgan fingerprint density at radius 1 is 1.17 bits per heavy atom. The highest BCUT2D eigenvalue weighted by atomic mass is 32.2. The molecule has 0 fully saturated rings. The second kappa shape index (κ2) is 7.48. The lowest BCUT2D eigenvalue weighted by atomic mass is 10.1. The fourth-order valence-corrected chi connectivity index (χ4v) is 4.10. The molecule has 0 unspecified atom stereocenters. The van der Waals surface area contributed by atoms with Crippen LogP contribution in [0, 0.1) is 10.1 Å². The first-order chi connectivity index (χ1) is 14.2. The average molecular weight is 434 g/mol. The number of benzene rings is 2. The first-order valence-electron chi connectivity index (χ1n) is 8.66. The summed E-state index contributed by atoms with van der Waals surface area (Å²) in [6.07, 6.45) is -4.56. The molecular weight excluding hydrogens is 421 g/mol. The molecule has 1 aromatic heterocycles. The third kappa shape index (κ3) is 3.75. The van der Waals surface area contributed by atoms with Gasteiger partial charge in [0.05, 0.1) is 21.9 Å². The molecule has 30 heavy (non-hydrogen) atoms. The summed E-state index contributed by atoms with van der Waals surface area (Å²) in [6, 6.07) is 9.77. The van der Waals surface area contributed by atoms with Crippen LogP contribution < -0.4 is 5.32 Å². The Labute approximate surface area is 172 Å². The number of nitrogens with zero attached hydrogens (tertiary/aromatic N) is 3. The number of non-ortho nitro benzene ring substituents is 1. The molecule has 0 aliphatic carbocycles. The van der Waals surface area contributed by atoms with Gasteiger partial charge in [-0.05, 0) is 30.3 Å². The zero-order valence-electron chi connectivity index (χ0n) is 15.1. The van der Waals surface area contributed by atoms with Crippen LogP contribution in [0.25, 0.3) is 5.69 Å². The van der Waals surface area contributed by atoms with Crippen LogP contribution in [0.4, 0.5) is 24.7 Å². The van der Waals surface area contributed by atoms with E-state index in [9.17, 15) is 28.1 Å². The lowest BCUT2D eigenvalue weighted by Gasteiger charge is -2.12. The number of nitro benzene ring substituents is 1. The summed E-state index contributed by atoms with van der Waals surface area (Å²) in [4.78, 5) is 23.0. The van der Waals surface area contributed by atoms with Crippen molar-refractivity contribution in [1.29, 1.82) is 0 Å². The minimum atomic E-state index is -4.56. The zero-order chi connectivity index (χ0) is 21.5. The van der Waals surface area contributed by atoms with Gasteiger partial charge in [-0.25, -0.2) is 4.68 Å². The van der Waals surface area contributed by atoms with Gasteiger partial charge in [0.25, 0.3) is 11.6 Å². The summed E-state index contributed by atoms with van der Waals surface area (Å²) in [5.41, 5.74) is 0.861. The van der Waals surface area contributed by atoms with Crippen molar-refractivity contribution in [3.8, 4) is 5.69 Å². The number of aromatic nitrogens is 2. The monoisotopic (exact) mass is 434 g/mol. The molecule has 1 N–H and O–H groups in total. The highest BCUT2D eigenvalue weighted by molar-refractivity contribution is 7.98. The fourth-order valence-electron chi connectivity index (χ4n) is 3.06. The van der Waals surface area contributed by atoms with Crippen LogP contribution in [-0.4, -0.2) is 20.6 Å². The van der Waals surface area contributed by atoms with Gasteiger partial charge >= 0.3 is 6.18 Å². The molecule has 1 amide bonds. The molecule has 1 aliphatic heterocycles. The summed E-state index contributed by atoms with van der Waals surface area (Å²) in [5, 5.41) is 18.0. The maximum absolute atomic E-state index is 13.0. The molecule has 11 heteroatoms. The maximum Gasteiger partial charge on any atom is 0.416 e. The summed E-state index contributed by atoms with van der Waals surface area (Å²) in [6.45, 7) is 0. The molecule has 0 spiro atoms. The molecule has 154 valence electrons. The summed E-state index contributed by atoms with van der Waals surface area (Å²) >= 11 is 1.60. The molecule has 2 aromatic carbocycles. The predicted molar refractivity (Wildman–Crippen MR) is 105 cm³/mol. The van der Waals surface area contributed by atoms with Gasteiger partial charge in [0.1, 0.15) is 5.82 Å². The van der Waals surface area contributed by atoms with Crippen molar-refractivity contribution in [1.82, 2.24) is 9.78 Å². The third-order valence-electron chi connectivity index (χ3n) is 4.54. The molecule has 3 aromatic rings. The van der Waals surface area contributed by atoms with E-state index in [0.29, 0.717) is 23.0 Å². The van der Waals surface area contributed by atoms with Gasteiger partial charge in [-0.15, -0.1) is 0 Å². The van der Waals surface area contributed by atoms with Gasteiger partial charge in [0.15, 0.2) is 0 Å². The SMILES string of the molecule is O=C(Nc1c2c(nn1-c1ccc([N+](=O)[O-])cc1)CSC2)c1cccc(C(F)(F)F)c1. The number of hydrogen-bond acceptors (Lipinski definition) is 5. The van der Waals surface area contributed by atoms with Gasteiger partial charge < -0.3 is 5.32 Å². The van der Waals surface area contributed by atoms with Gasteiger partial charge in [0.2, 0.25) is 0 Å². The van der Waals surface area contributed by atoms with E-state index in [1.54, 1.807) is 11.8 Å². The van der Waals surface area contributed by atoms with Crippen molar-refractivity contribution < 1.29 is 22.9 Å². The fraction of sp³-hybridized carbons (Fsp3) is 0.158. The van der Waals surface area contributed by atoms with Crippen LogP contribution in [0.15, 0.2) is 48.5 Å². The topological polar surface area (TPSA) is 90.1 Å². The largest absolute Gasteiger partial charge is 0.416 e. The molecule has 0 atom stereocenters. The number of halogens is 3. The minimum Gasteiger partial charge on any atom is -0.306 e. The summed E-state index contributed by atoms with van der Waals surface area (Å²) in [5.74, 6) is 0.845. The lowest BCUT2D eigenvalue weighted by Crippen LogP contribution is -2.17. The second-order valence-electron chi connectivity index (χ2n) is 6.48. The van der Waals surface area contributed by atoms with Crippen molar-refractivity contribution in [3.05, 3.63) is 81.0 Å². The van der Waals surface area contributed by atoms with Gasteiger partial charge in [-0.2, -0.15) is 30.0 Å². The predicted octanol–water partition coefficient (Wildman–Crippen LogP) is 4.80. The standard InChI is InChI=1S/C19H13F3N4O3S/c20-19(21,22)12-3-1-2-11(8-12)18(27)23-17-15-9-30-10-16(15)24-25(17)13-4-6-14(7-5-13)26(28)29/h1-8H,9-10H2,(H,23,27). The lowest BCUT2D eigenvalue weighted by molar-refractivity contribution is -0.384. The van der Waals surface area contributed by atoms with E-state index in [0.717, 1.165) is 23.4 Å². The smallest absolute Gasteiger partial charge is 0.306 e. The second-order valence-corrected chi connectivity index (χ2v) is 7.47. The Balaban J connectivity index is 1.69. The van der Waals surface area contributed by atoms with Crippen molar-refractivity contribution in [2.45, 2.75) is 17.7 Å². The number of hydrogen-bond donors (Lipinski definition) is 1. The van der Waals surface area contributed by atoms with E-state index in [2.05, 4.69) is 10.4 Å². The Morgan fingerprint density at radius 2 is 1.90 bits per heavy atom. The van der Waals surface area contributed by atoms with Crippen LogP contribution in [0.3, 0.4) is 0 Å². The first-order valence-corrected chi connectivity index (χ1v) is 9.81. The molecule has 0 saturated heterocycles. The van der Waals surface area contributed by atoms with Crippen molar-refractivity contribution in [2.75, 3.05) is 5.32 Å². The zero-order valence-corrected chi connectivity index (χ0v) is 16.0. The van der Waals surface area contributed by atoms with Crippen molar-refractivity contribution in [2.24, 2.45) is 0 Å². The van der Waals surface area contributed by atoms with Crippen LogP contribution in [0.5, 0.6) is 0 Å². The Morgan fingerprint density at radius 3 is 2.57 bits per heavy atom. The van der Waals surface area contributed by atoms with Crippen molar-refractivity contribution in [3.63, 3.8) is 0 Å². The van der Waals surface area contributed by atoms with E-state index in [-0.39, 0.29) is 11.3 Å². The number of alkyl halides is 3. The third-order valence-corrected chi connectivity index (χ3v) is 5.51. The van der Waals surface area contributed by atoms with E-state index in [4.69, 9.17) is 0 Å². The summed E-state index contributed by atoms with van der Waals surface area (Å²) in [7, 11) is 0. The molecule has 4 rings (SSSR count). The molecule has 1 aliphatic rings. The molecule has 0 radical (unpaired) electrons. The normalized spacial score (nSPS) is 13.2.